The second-order valence-corrected chi connectivity index (χ2v) is 8.07. The molecule has 1 amide bonds. The van der Waals surface area contributed by atoms with Gasteiger partial charge in [0.1, 0.15) is 0 Å². The Morgan fingerprint density at radius 1 is 1.24 bits per heavy atom. The van der Waals surface area contributed by atoms with Gasteiger partial charge < -0.3 is 5.32 Å². The second-order valence-electron chi connectivity index (χ2n) is 6.38. The van der Waals surface area contributed by atoms with Gasteiger partial charge in [-0.1, -0.05) is 12.5 Å². The first-order valence-corrected chi connectivity index (χ1v) is 9.44. The van der Waals surface area contributed by atoms with Crippen molar-refractivity contribution in [1.82, 2.24) is 4.72 Å². The highest BCUT2D eigenvalue weighted by molar-refractivity contribution is 7.89. The summed E-state index contributed by atoms with van der Waals surface area (Å²) in [7, 11) is -3.99. The summed E-state index contributed by atoms with van der Waals surface area (Å²) in [5.74, 6) is -1.83. The molecule has 1 saturated carbocycles. The molecule has 2 atom stereocenters. The van der Waals surface area contributed by atoms with Crippen LogP contribution in [0.2, 0.25) is 0 Å². The summed E-state index contributed by atoms with van der Waals surface area (Å²) >= 11 is 0. The molecule has 1 aliphatic rings. The number of rotatable bonds is 4. The van der Waals surface area contributed by atoms with Crippen molar-refractivity contribution in [1.29, 1.82) is 0 Å². The van der Waals surface area contributed by atoms with Crippen molar-refractivity contribution in [3.63, 3.8) is 0 Å². The van der Waals surface area contributed by atoms with Gasteiger partial charge in [0.2, 0.25) is 15.9 Å². The Kier molecular flexibility index (Phi) is 5.78. The summed E-state index contributed by atoms with van der Waals surface area (Å²) in [5.41, 5.74) is 0.764. The standard InChI is InChI=1S/C16H21F3N2O3S/c1-10-6-7-13(20-11(2)22)9-15(10)25(23,24)21-14-5-3-4-12(8-14)16(17,18)19/h6-7,9,12,14,21H,3-5,8H2,1-2H3,(H,20,22)/t12-,14-/m0/s1. The smallest absolute Gasteiger partial charge is 0.326 e. The Morgan fingerprint density at radius 2 is 1.92 bits per heavy atom. The average molecular weight is 378 g/mol. The first-order valence-electron chi connectivity index (χ1n) is 7.96. The van der Waals surface area contributed by atoms with Crippen LogP contribution in [0.1, 0.15) is 38.2 Å². The highest BCUT2D eigenvalue weighted by atomic mass is 32.2. The number of carbonyl (C=O) groups excluding carboxylic acids is 1. The highest BCUT2D eigenvalue weighted by Crippen LogP contribution is 2.38. The van der Waals surface area contributed by atoms with E-state index in [1.807, 2.05) is 0 Å². The van der Waals surface area contributed by atoms with Crippen LogP contribution in [0.4, 0.5) is 18.9 Å². The van der Waals surface area contributed by atoms with Crippen LogP contribution >= 0.6 is 0 Å². The Morgan fingerprint density at radius 3 is 2.52 bits per heavy atom. The molecule has 2 rings (SSSR count). The van der Waals surface area contributed by atoms with Gasteiger partial charge in [-0.05, 0) is 43.9 Å². The van der Waals surface area contributed by atoms with Gasteiger partial charge in [0.15, 0.2) is 0 Å². The Bertz CT molecular complexity index is 747. The molecule has 25 heavy (non-hydrogen) atoms. The van der Waals surface area contributed by atoms with Crippen LogP contribution in [-0.2, 0) is 14.8 Å². The zero-order valence-electron chi connectivity index (χ0n) is 14.0. The van der Waals surface area contributed by atoms with Crippen molar-refractivity contribution in [2.24, 2.45) is 5.92 Å². The molecular weight excluding hydrogens is 357 g/mol. The summed E-state index contributed by atoms with van der Waals surface area (Å²) in [5, 5.41) is 2.50. The molecule has 0 heterocycles. The van der Waals surface area contributed by atoms with E-state index in [-0.39, 0.29) is 23.6 Å². The fourth-order valence-electron chi connectivity index (χ4n) is 3.05. The first kappa shape index (κ1) is 19.7. The summed E-state index contributed by atoms with van der Waals surface area (Å²) < 4.78 is 66.3. The predicted octanol–water partition coefficient (Wildman–Crippen LogP) is 3.35. The molecule has 9 heteroatoms. The summed E-state index contributed by atoms with van der Waals surface area (Å²) in [4.78, 5) is 11.1. The number of alkyl halides is 3. The average Bonchev–Trinajstić information content (AvgIpc) is 2.47. The van der Waals surface area contributed by atoms with E-state index in [2.05, 4.69) is 10.0 Å². The van der Waals surface area contributed by atoms with E-state index in [1.54, 1.807) is 19.1 Å². The van der Waals surface area contributed by atoms with Crippen molar-refractivity contribution in [2.75, 3.05) is 5.32 Å². The maximum Gasteiger partial charge on any atom is 0.391 e. The Hall–Kier alpha value is -1.61. The van der Waals surface area contributed by atoms with Crippen LogP contribution in [0.15, 0.2) is 23.1 Å². The Balaban J connectivity index is 2.20. The van der Waals surface area contributed by atoms with Crippen molar-refractivity contribution in [3.05, 3.63) is 23.8 Å². The Labute approximate surface area is 145 Å². The number of halogens is 3. The summed E-state index contributed by atoms with van der Waals surface area (Å²) in [6.45, 7) is 2.89. The lowest BCUT2D eigenvalue weighted by Crippen LogP contribution is -2.41. The van der Waals surface area contributed by atoms with Crippen molar-refractivity contribution in [2.45, 2.75) is 56.6 Å². The third kappa shape index (κ3) is 5.18. The zero-order valence-corrected chi connectivity index (χ0v) is 14.8. The molecule has 1 aromatic carbocycles. The van der Waals surface area contributed by atoms with E-state index in [0.717, 1.165) is 0 Å². The molecule has 0 radical (unpaired) electrons. The largest absolute Gasteiger partial charge is 0.391 e. The number of hydrogen-bond donors (Lipinski definition) is 2. The SMILES string of the molecule is CC(=O)Nc1ccc(C)c(S(=O)(=O)N[C@H]2CCC[C@H](C(F)(F)F)C2)c1. The van der Waals surface area contributed by atoms with Gasteiger partial charge in [0.05, 0.1) is 10.8 Å². The number of anilines is 1. The van der Waals surface area contributed by atoms with Gasteiger partial charge in [0.25, 0.3) is 0 Å². The summed E-state index contributed by atoms with van der Waals surface area (Å²) in [6.07, 6.45) is -3.85. The topological polar surface area (TPSA) is 75.3 Å². The van der Waals surface area contributed by atoms with Crippen LogP contribution in [-0.4, -0.2) is 26.5 Å². The molecule has 0 aliphatic heterocycles. The maximum absolute atomic E-state index is 12.9. The molecule has 2 N–H and O–H groups in total. The van der Waals surface area contributed by atoms with Crippen LogP contribution in [0.3, 0.4) is 0 Å². The van der Waals surface area contributed by atoms with Crippen LogP contribution < -0.4 is 10.0 Å². The van der Waals surface area contributed by atoms with E-state index < -0.39 is 28.2 Å². The van der Waals surface area contributed by atoms with E-state index in [9.17, 15) is 26.4 Å². The van der Waals surface area contributed by atoms with Gasteiger partial charge in [-0.3, -0.25) is 4.79 Å². The molecule has 0 unspecified atom stereocenters. The van der Waals surface area contributed by atoms with Crippen LogP contribution in [0, 0.1) is 12.8 Å². The lowest BCUT2D eigenvalue weighted by molar-refractivity contribution is -0.183. The van der Waals surface area contributed by atoms with Gasteiger partial charge in [0, 0.05) is 18.7 Å². The molecule has 0 aromatic heterocycles. The minimum absolute atomic E-state index is 0.0266. The number of nitrogens with one attached hydrogen (secondary N) is 2. The van der Waals surface area contributed by atoms with Crippen LogP contribution in [0.5, 0.6) is 0 Å². The van der Waals surface area contributed by atoms with Crippen molar-refractivity contribution in [3.8, 4) is 0 Å². The number of amides is 1. The maximum atomic E-state index is 12.9. The third-order valence-corrected chi connectivity index (χ3v) is 5.92. The minimum atomic E-state index is -4.31. The lowest BCUT2D eigenvalue weighted by atomic mass is 9.86. The van der Waals surface area contributed by atoms with E-state index in [0.29, 0.717) is 24.1 Å². The fraction of sp³-hybridized carbons (Fsp3) is 0.562. The van der Waals surface area contributed by atoms with E-state index >= 15 is 0 Å². The molecule has 1 fully saturated rings. The zero-order chi connectivity index (χ0) is 18.8. The van der Waals surface area contributed by atoms with Gasteiger partial charge in [-0.25, -0.2) is 13.1 Å². The monoisotopic (exact) mass is 378 g/mol. The molecular formula is C16H21F3N2O3S. The molecule has 1 aromatic rings. The highest BCUT2D eigenvalue weighted by Gasteiger charge is 2.42. The van der Waals surface area contributed by atoms with E-state index in [1.165, 1.54) is 13.0 Å². The molecule has 0 spiro atoms. The molecule has 5 nitrogen and oxygen atoms in total. The van der Waals surface area contributed by atoms with Crippen molar-refractivity contribution >= 4 is 21.6 Å². The van der Waals surface area contributed by atoms with Crippen molar-refractivity contribution < 1.29 is 26.4 Å². The lowest BCUT2D eigenvalue weighted by Gasteiger charge is -2.31. The quantitative estimate of drug-likeness (QED) is 0.844. The van der Waals surface area contributed by atoms with Gasteiger partial charge in [-0.2, -0.15) is 13.2 Å². The van der Waals surface area contributed by atoms with Crippen LogP contribution in [0.25, 0.3) is 0 Å². The minimum Gasteiger partial charge on any atom is -0.326 e. The van der Waals surface area contributed by atoms with Gasteiger partial charge >= 0.3 is 6.18 Å². The number of carbonyl (C=O) groups is 1. The second kappa shape index (κ2) is 7.33. The molecule has 0 saturated heterocycles. The fourth-order valence-corrected chi connectivity index (χ4v) is 4.60. The molecule has 1 aliphatic carbocycles. The number of aryl methyl sites for hydroxylation is 1. The third-order valence-electron chi connectivity index (χ3n) is 4.26. The number of benzene rings is 1. The first-order chi connectivity index (χ1) is 11.5. The number of sulfonamides is 1. The predicted molar refractivity (Wildman–Crippen MR) is 87.6 cm³/mol. The molecule has 140 valence electrons. The molecule has 0 bridgehead atoms. The number of hydrogen-bond acceptors (Lipinski definition) is 3. The van der Waals surface area contributed by atoms with E-state index in [4.69, 9.17) is 0 Å². The van der Waals surface area contributed by atoms with Gasteiger partial charge in [-0.15, -0.1) is 0 Å². The summed E-state index contributed by atoms with van der Waals surface area (Å²) in [6, 6.07) is 3.66. The normalized spacial score (nSPS) is 21.8.